The van der Waals surface area contributed by atoms with Crippen molar-refractivity contribution in [1.82, 2.24) is 9.55 Å². The molecule has 1 aromatic carbocycles. The van der Waals surface area contributed by atoms with Crippen molar-refractivity contribution in [2.24, 2.45) is 17.3 Å². The summed E-state index contributed by atoms with van der Waals surface area (Å²) >= 11 is 0. The Morgan fingerprint density at radius 2 is 1.80 bits per heavy atom. The summed E-state index contributed by atoms with van der Waals surface area (Å²) in [5, 5.41) is 23.9. The van der Waals surface area contributed by atoms with Gasteiger partial charge >= 0.3 is 6.18 Å². The normalized spacial score (nSPS) is 37.8. The quantitative estimate of drug-likeness (QED) is 0.373. The highest BCUT2D eigenvalue weighted by Crippen LogP contribution is 2.68. The molecule has 1 spiro atoms. The second kappa shape index (κ2) is 9.18. The second-order valence-corrected chi connectivity index (χ2v) is 12.9. The van der Waals surface area contributed by atoms with Gasteiger partial charge in [-0.1, -0.05) is 30.6 Å². The molecule has 6 atom stereocenters. The van der Waals surface area contributed by atoms with Gasteiger partial charge in [0, 0.05) is 48.2 Å². The van der Waals surface area contributed by atoms with E-state index in [0.29, 0.717) is 58.2 Å². The van der Waals surface area contributed by atoms with E-state index in [9.17, 15) is 23.4 Å². The van der Waals surface area contributed by atoms with E-state index in [1.807, 2.05) is 29.8 Å². The van der Waals surface area contributed by atoms with Gasteiger partial charge in [0.1, 0.15) is 5.60 Å². The van der Waals surface area contributed by atoms with Gasteiger partial charge in [-0.3, -0.25) is 0 Å². The minimum atomic E-state index is -4.67. The molecule has 5 aliphatic rings. The zero-order valence-electron chi connectivity index (χ0n) is 23.1. The second-order valence-electron chi connectivity index (χ2n) is 12.9. The molecular formula is C32H35F3N2O4. The Balaban J connectivity index is 1.34. The summed E-state index contributed by atoms with van der Waals surface area (Å²) in [7, 11) is 0. The fourth-order valence-electron chi connectivity index (χ4n) is 8.99. The average Bonchev–Trinajstić information content (AvgIpc) is 3.68. The van der Waals surface area contributed by atoms with Crippen molar-refractivity contribution in [3.63, 3.8) is 0 Å². The molecule has 1 aromatic heterocycles. The van der Waals surface area contributed by atoms with E-state index in [2.05, 4.69) is 23.0 Å². The molecule has 0 radical (unpaired) electrons. The third-order valence-corrected chi connectivity index (χ3v) is 10.9. The molecule has 1 aliphatic heterocycles. The van der Waals surface area contributed by atoms with Gasteiger partial charge in [-0.25, -0.2) is 4.98 Å². The molecule has 1 saturated heterocycles. The Hall–Kier alpha value is -2.64. The Labute approximate surface area is 237 Å². The molecule has 0 bridgehead atoms. The number of aromatic nitrogens is 2. The van der Waals surface area contributed by atoms with Crippen molar-refractivity contribution in [2.75, 3.05) is 13.2 Å². The van der Waals surface area contributed by atoms with Crippen molar-refractivity contribution in [1.29, 1.82) is 0 Å². The summed E-state index contributed by atoms with van der Waals surface area (Å²) in [6.07, 6.45) is 4.83. The van der Waals surface area contributed by atoms with Crippen LogP contribution in [0.5, 0.6) is 0 Å². The van der Waals surface area contributed by atoms with Crippen LogP contribution in [-0.2, 0) is 9.47 Å². The SMILES string of the molecule is CC12CC(c3ccc(-n4ccnc4)cc3)C3=C4CCC5(CC4(O)CCC3C1CCC2(O)C#CC(F)(F)F)OCCO5. The average molecular weight is 569 g/mol. The zero-order valence-corrected chi connectivity index (χ0v) is 23.1. The summed E-state index contributed by atoms with van der Waals surface area (Å²) in [5.74, 6) is 2.80. The van der Waals surface area contributed by atoms with Crippen molar-refractivity contribution >= 4 is 0 Å². The molecule has 4 aliphatic carbocycles. The number of aliphatic hydroxyl groups is 2. The number of ether oxygens (including phenoxy) is 2. The minimum absolute atomic E-state index is 0.0292. The van der Waals surface area contributed by atoms with Gasteiger partial charge in [0.25, 0.3) is 0 Å². The number of nitrogens with zero attached hydrogens (tertiary/aromatic N) is 2. The highest BCUT2D eigenvalue weighted by Gasteiger charge is 2.64. The molecule has 9 heteroatoms. The van der Waals surface area contributed by atoms with E-state index in [4.69, 9.17) is 9.47 Å². The summed E-state index contributed by atoms with van der Waals surface area (Å²) in [6, 6.07) is 8.15. The smallest absolute Gasteiger partial charge is 0.385 e. The van der Waals surface area contributed by atoms with Crippen molar-refractivity contribution < 1.29 is 32.9 Å². The standard InChI is InChI=1S/C32H35F3N2O4/c1-28-18-24(21-2-4-22(5-3-21)37-15-14-36-20-37)27-23(25(28)7-10-30(28,39)12-13-32(33,34)35)6-9-29(38)19-31(11-8-26(27)29)40-16-17-41-31/h2-5,14-15,20,23-25,38-39H,6-11,16-19H2,1H3. The number of benzene rings is 1. The number of rotatable bonds is 2. The van der Waals surface area contributed by atoms with Gasteiger partial charge < -0.3 is 24.3 Å². The first-order chi connectivity index (χ1) is 19.4. The molecule has 4 fully saturated rings. The number of hydrogen-bond donors (Lipinski definition) is 2. The largest absolute Gasteiger partial charge is 0.457 e. The van der Waals surface area contributed by atoms with Crippen LogP contribution in [0.1, 0.15) is 69.8 Å². The van der Waals surface area contributed by atoms with E-state index in [1.165, 1.54) is 11.5 Å². The molecule has 0 amide bonds. The number of hydrogen-bond acceptors (Lipinski definition) is 5. The Morgan fingerprint density at radius 3 is 2.49 bits per heavy atom. The van der Waals surface area contributed by atoms with Crippen molar-refractivity contribution in [3.8, 4) is 17.5 Å². The molecule has 2 aromatic rings. The maximum Gasteiger partial charge on any atom is 0.457 e. The van der Waals surface area contributed by atoms with Crippen molar-refractivity contribution in [3.05, 3.63) is 59.7 Å². The maximum absolute atomic E-state index is 13.2. The molecule has 3 saturated carbocycles. The number of imidazole rings is 1. The molecule has 218 valence electrons. The molecule has 6 unspecified atom stereocenters. The molecule has 6 nitrogen and oxygen atoms in total. The lowest BCUT2D eigenvalue weighted by atomic mass is 9.49. The highest BCUT2D eigenvalue weighted by molar-refractivity contribution is 5.47. The lowest BCUT2D eigenvalue weighted by molar-refractivity contribution is -0.208. The minimum Gasteiger partial charge on any atom is -0.385 e. The van der Waals surface area contributed by atoms with Gasteiger partial charge in [-0.05, 0) is 73.6 Å². The van der Waals surface area contributed by atoms with E-state index < -0.39 is 28.6 Å². The monoisotopic (exact) mass is 568 g/mol. The predicted molar refractivity (Wildman–Crippen MR) is 144 cm³/mol. The third-order valence-electron chi connectivity index (χ3n) is 10.9. The van der Waals surface area contributed by atoms with Crippen LogP contribution in [0.2, 0.25) is 0 Å². The van der Waals surface area contributed by atoms with Crippen LogP contribution in [0.25, 0.3) is 5.69 Å². The van der Waals surface area contributed by atoms with Crippen LogP contribution in [-0.4, -0.2) is 56.1 Å². The Bertz CT molecular complexity index is 1420. The van der Waals surface area contributed by atoms with Crippen LogP contribution in [0.3, 0.4) is 0 Å². The van der Waals surface area contributed by atoms with Crippen LogP contribution >= 0.6 is 0 Å². The molecule has 41 heavy (non-hydrogen) atoms. The van der Waals surface area contributed by atoms with Crippen LogP contribution in [0, 0.1) is 29.1 Å². The fourth-order valence-corrected chi connectivity index (χ4v) is 8.99. The van der Waals surface area contributed by atoms with Crippen LogP contribution in [0.15, 0.2) is 54.1 Å². The number of alkyl halides is 3. The highest BCUT2D eigenvalue weighted by atomic mass is 19.4. The first kappa shape index (κ1) is 27.2. The number of fused-ring (bicyclic) bond motifs is 4. The maximum atomic E-state index is 13.2. The topological polar surface area (TPSA) is 76.7 Å². The van der Waals surface area contributed by atoms with E-state index in [0.717, 1.165) is 16.8 Å². The van der Waals surface area contributed by atoms with Crippen molar-refractivity contribution in [2.45, 2.75) is 87.4 Å². The number of allylic oxidation sites excluding steroid dienone is 1. The van der Waals surface area contributed by atoms with Gasteiger partial charge in [0.15, 0.2) is 5.79 Å². The first-order valence-electron chi connectivity index (χ1n) is 14.6. The first-order valence-corrected chi connectivity index (χ1v) is 14.6. The van der Waals surface area contributed by atoms with Crippen LogP contribution in [0.4, 0.5) is 13.2 Å². The molecule has 2 N–H and O–H groups in total. The molecule has 2 heterocycles. The van der Waals surface area contributed by atoms with E-state index >= 15 is 0 Å². The lowest BCUT2D eigenvalue weighted by Crippen LogP contribution is -2.55. The fraction of sp³-hybridized carbons (Fsp3) is 0.594. The van der Waals surface area contributed by atoms with Crippen LogP contribution < -0.4 is 0 Å². The van der Waals surface area contributed by atoms with E-state index in [1.54, 1.807) is 12.5 Å². The van der Waals surface area contributed by atoms with Gasteiger partial charge in [-0.15, -0.1) is 0 Å². The molecule has 7 rings (SSSR count). The summed E-state index contributed by atoms with van der Waals surface area (Å²) < 4.78 is 53.5. The Morgan fingerprint density at radius 1 is 1.05 bits per heavy atom. The third kappa shape index (κ3) is 4.29. The summed E-state index contributed by atoms with van der Waals surface area (Å²) in [4.78, 5) is 4.13. The van der Waals surface area contributed by atoms with Gasteiger partial charge in [0.05, 0.1) is 25.1 Å². The van der Waals surface area contributed by atoms with Gasteiger partial charge in [-0.2, -0.15) is 13.2 Å². The zero-order chi connectivity index (χ0) is 28.7. The molecular weight excluding hydrogens is 533 g/mol. The summed E-state index contributed by atoms with van der Waals surface area (Å²) in [5.41, 5.74) is 0.590. The lowest BCUT2D eigenvalue weighted by Gasteiger charge is -2.57. The van der Waals surface area contributed by atoms with E-state index in [-0.39, 0.29) is 24.2 Å². The summed E-state index contributed by atoms with van der Waals surface area (Å²) in [6.45, 7) is 2.98. The predicted octanol–water partition coefficient (Wildman–Crippen LogP) is 5.44. The number of halogens is 3. The Kier molecular flexibility index (Phi) is 6.09. The van der Waals surface area contributed by atoms with Gasteiger partial charge in [0.2, 0.25) is 0 Å².